The number of nitrogens with one attached hydrogen (secondary N) is 1. The minimum atomic E-state index is 0.337. The highest BCUT2D eigenvalue weighted by Gasteiger charge is 2.18. The van der Waals surface area contributed by atoms with Crippen molar-refractivity contribution in [1.29, 1.82) is 0 Å². The van der Waals surface area contributed by atoms with Gasteiger partial charge in [0.2, 0.25) is 0 Å². The van der Waals surface area contributed by atoms with Gasteiger partial charge in [-0.1, -0.05) is 18.6 Å². The second-order valence-electron chi connectivity index (χ2n) is 5.43. The molecule has 100 valence electrons. The molecule has 0 radical (unpaired) electrons. The molecule has 0 spiro atoms. The first-order valence-corrected chi connectivity index (χ1v) is 7.15. The van der Waals surface area contributed by atoms with Gasteiger partial charge >= 0.3 is 0 Å². The van der Waals surface area contributed by atoms with E-state index in [-0.39, 0.29) is 0 Å². The summed E-state index contributed by atoms with van der Waals surface area (Å²) in [6.07, 6.45) is 6.83. The largest absolute Gasteiger partial charge is 0.490 e. The first-order valence-electron chi connectivity index (χ1n) is 7.15. The first-order chi connectivity index (χ1) is 8.70. The zero-order valence-electron chi connectivity index (χ0n) is 11.8. The highest BCUT2D eigenvalue weighted by atomic mass is 16.5. The highest BCUT2D eigenvalue weighted by molar-refractivity contribution is 5.39. The Morgan fingerprint density at radius 2 is 1.94 bits per heavy atom. The maximum atomic E-state index is 6.25. The molecule has 1 N–H and O–H groups in total. The van der Waals surface area contributed by atoms with Crippen LogP contribution in [0, 0.1) is 6.92 Å². The van der Waals surface area contributed by atoms with Gasteiger partial charge in [0.25, 0.3) is 0 Å². The van der Waals surface area contributed by atoms with Crippen molar-refractivity contribution in [2.45, 2.75) is 58.1 Å². The molecular weight excluding hydrogens is 222 g/mol. The summed E-state index contributed by atoms with van der Waals surface area (Å²) in [5.41, 5.74) is 2.54. The second kappa shape index (κ2) is 6.24. The average Bonchev–Trinajstić information content (AvgIpc) is 2.39. The molecule has 1 aromatic carbocycles. The zero-order valence-corrected chi connectivity index (χ0v) is 11.8. The van der Waals surface area contributed by atoms with Gasteiger partial charge in [-0.05, 0) is 58.2 Å². The molecule has 0 bridgehead atoms. The van der Waals surface area contributed by atoms with E-state index in [4.69, 9.17) is 4.74 Å². The van der Waals surface area contributed by atoms with Gasteiger partial charge in [-0.15, -0.1) is 0 Å². The lowest BCUT2D eigenvalue weighted by Gasteiger charge is -2.26. The Labute approximate surface area is 111 Å². The van der Waals surface area contributed by atoms with Crippen LogP contribution < -0.4 is 10.1 Å². The van der Waals surface area contributed by atoms with Crippen molar-refractivity contribution in [1.82, 2.24) is 5.32 Å². The molecule has 0 heterocycles. The van der Waals surface area contributed by atoms with E-state index in [9.17, 15) is 0 Å². The van der Waals surface area contributed by atoms with Gasteiger partial charge in [0.05, 0.1) is 6.10 Å². The van der Waals surface area contributed by atoms with Crippen molar-refractivity contribution in [3.05, 3.63) is 29.3 Å². The lowest BCUT2D eigenvalue weighted by molar-refractivity contribution is 0.152. The van der Waals surface area contributed by atoms with Gasteiger partial charge in [0, 0.05) is 11.6 Å². The fourth-order valence-electron chi connectivity index (χ4n) is 2.62. The number of rotatable bonds is 4. The molecule has 1 aliphatic carbocycles. The van der Waals surface area contributed by atoms with E-state index in [0.29, 0.717) is 12.1 Å². The SMILES string of the molecule is CNC(C)c1ccc(C)cc1OC1CCCCC1. The van der Waals surface area contributed by atoms with Crippen molar-refractivity contribution in [2.24, 2.45) is 0 Å². The van der Waals surface area contributed by atoms with Gasteiger partial charge in [0.1, 0.15) is 5.75 Å². The number of benzene rings is 1. The lowest BCUT2D eigenvalue weighted by Crippen LogP contribution is -2.22. The maximum absolute atomic E-state index is 6.25. The third-order valence-electron chi connectivity index (χ3n) is 3.91. The molecular formula is C16H25NO. The van der Waals surface area contributed by atoms with Gasteiger partial charge in [-0.2, -0.15) is 0 Å². The quantitative estimate of drug-likeness (QED) is 0.868. The molecule has 1 fully saturated rings. The monoisotopic (exact) mass is 247 g/mol. The third kappa shape index (κ3) is 3.26. The number of aryl methyl sites for hydroxylation is 1. The molecule has 2 heteroatoms. The van der Waals surface area contributed by atoms with E-state index >= 15 is 0 Å². The van der Waals surface area contributed by atoms with E-state index in [0.717, 1.165) is 5.75 Å². The summed E-state index contributed by atoms with van der Waals surface area (Å²) in [6, 6.07) is 6.87. The molecule has 1 aromatic rings. The molecule has 2 nitrogen and oxygen atoms in total. The molecule has 0 aliphatic heterocycles. The maximum Gasteiger partial charge on any atom is 0.124 e. The van der Waals surface area contributed by atoms with E-state index in [2.05, 4.69) is 37.4 Å². The lowest BCUT2D eigenvalue weighted by atomic mass is 9.97. The Balaban J connectivity index is 2.15. The van der Waals surface area contributed by atoms with Crippen LogP contribution in [0.2, 0.25) is 0 Å². The van der Waals surface area contributed by atoms with E-state index in [1.807, 2.05) is 7.05 Å². The Morgan fingerprint density at radius 1 is 1.22 bits per heavy atom. The Hall–Kier alpha value is -1.02. The Morgan fingerprint density at radius 3 is 2.61 bits per heavy atom. The van der Waals surface area contributed by atoms with Crippen LogP contribution >= 0.6 is 0 Å². The van der Waals surface area contributed by atoms with Gasteiger partial charge in [-0.25, -0.2) is 0 Å². The smallest absolute Gasteiger partial charge is 0.124 e. The number of ether oxygens (including phenoxy) is 1. The summed E-state index contributed by atoms with van der Waals surface area (Å²) in [5, 5.41) is 3.30. The standard InChI is InChI=1S/C16H25NO/c1-12-9-10-15(13(2)17-3)16(11-12)18-14-7-5-4-6-8-14/h9-11,13-14,17H,4-8H2,1-3H3. The topological polar surface area (TPSA) is 21.3 Å². The van der Waals surface area contributed by atoms with Crippen LogP contribution in [0.4, 0.5) is 0 Å². The van der Waals surface area contributed by atoms with Crippen LogP contribution in [-0.2, 0) is 0 Å². The molecule has 2 rings (SSSR count). The van der Waals surface area contributed by atoms with Crippen LogP contribution in [-0.4, -0.2) is 13.2 Å². The van der Waals surface area contributed by atoms with E-state index in [1.165, 1.54) is 43.2 Å². The summed E-state index contributed by atoms with van der Waals surface area (Å²) >= 11 is 0. The zero-order chi connectivity index (χ0) is 13.0. The molecule has 1 atom stereocenters. The summed E-state index contributed by atoms with van der Waals surface area (Å²) in [4.78, 5) is 0. The second-order valence-corrected chi connectivity index (χ2v) is 5.43. The van der Waals surface area contributed by atoms with E-state index in [1.54, 1.807) is 0 Å². The molecule has 18 heavy (non-hydrogen) atoms. The molecule has 1 aliphatic rings. The fraction of sp³-hybridized carbons (Fsp3) is 0.625. The van der Waals surface area contributed by atoms with Crippen LogP contribution in [0.3, 0.4) is 0 Å². The first kappa shape index (κ1) is 13.4. The van der Waals surface area contributed by atoms with Crippen LogP contribution in [0.5, 0.6) is 5.75 Å². The molecule has 0 saturated heterocycles. The summed E-state index contributed by atoms with van der Waals surface area (Å²) in [5.74, 6) is 1.07. The fourth-order valence-corrected chi connectivity index (χ4v) is 2.62. The van der Waals surface area contributed by atoms with Crippen molar-refractivity contribution < 1.29 is 4.74 Å². The van der Waals surface area contributed by atoms with Crippen molar-refractivity contribution in [3.63, 3.8) is 0 Å². The molecule has 0 aromatic heterocycles. The van der Waals surface area contributed by atoms with Crippen LogP contribution in [0.1, 0.15) is 56.2 Å². The van der Waals surface area contributed by atoms with E-state index < -0.39 is 0 Å². The van der Waals surface area contributed by atoms with Gasteiger partial charge < -0.3 is 10.1 Å². The molecule has 0 amide bonds. The summed E-state index contributed by atoms with van der Waals surface area (Å²) in [6.45, 7) is 4.31. The summed E-state index contributed by atoms with van der Waals surface area (Å²) < 4.78 is 6.25. The highest BCUT2D eigenvalue weighted by Crippen LogP contribution is 2.30. The average molecular weight is 247 g/mol. The van der Waals surface area contributed by atoms with Gasteiger partial charge in [0.15, 0.2) is 0 Å². The van der Waals surface area contributed by atoms with Crippen molar-refractivity contribution in [3.8, 4) is 5.75 Å². The number of hydrogen-bond donors (Lipinski definition) is 1. The minimum absolute atomic E-state index is 0.337. The normalized spacial score (nSPS) is 18.6. The van der Waals surface area contributed by atoms with Crippen molar-refractivity contribution in [2.75, 3.05) is 7.05 Å². The summed E-state index contributed by atoms with van der Waals surface area (Å²) in [7, 11) is 1.99. The van der Waals surface area contributed by atoms with Crippen LogP contribution in [0.25, 0.3) is 0 Å². The number of hydrogen-bond acceptors (Lipinski definition) is 2. The molecule has 1 unspecified atom stereocenters. The predicted molar refractivity (Wildman–Crippen MR) is 76.2 cm³/mol. The van der Waals surface area contributed by atoms with Crippen LogP contribution in [0.15, 0.2) is 18.2 Å². The third-order valence-corrected chi connectivity index (χ3v) is 3.91. The Bertz CT molecular complexity index is 383. The predicted octanol–water partition coefficient (Wildman–Crippen LogP) is 3.99. The molecule has 1 saturated carbocycles. The minimum Gasteiger partial charge on any atom is -0.490 e. The van der Waals surface area contributed by atoms with Crippen molar-refractivity contribution >= 4 is 0 Å². The van der Waals surface area contributed by atoms with Gasteiger partial charge in [-0.3, -0.25) is 0 Å². The Kier molecular flexibility index (Phi) is 4.65.